The molecule has 2 aromatic rings. The van der Waals surface area contributed by atoms with Gasteiger partial charge in [-0.3, -0.25) is 19.7 Å². The highest BCUT2D eigenvalue weighted by Gasteiger charge is 2.34. The fourth-order valence-corrected chi connectivity index (χ4v) is 3.05. The summed E-state index contributed by atoms with van der Waals surface area (Å²) in [6.45, 7) is 2.13. The summed E-state index contributed by atoms with van der Waals surface area (Å²) < 4.78 is 29.8. The quantitative estimate of drug-likeness (QED) is 0.415. The van der Waals surface area contributed by atoms with Gasteiger partial charge in [0.1, 0.15) is 17.2 Å². The number of nitro benzene ring substituents is 1. The number of nitrogens with one attached hydrogen (secondary N) is 1. The van der Waals surface area contributed by atoms with Gasteiger partial charge in [0.05, 0.1) is 16.1 Å². The molecule has 2 aromatic carbocycles. The lowest BCUT2D eigenvalue weighted by Crippen LogP contribution is -2.17. The molecule has 0 saturated heterocycles. The van der Waals surface area contributed by atoms with Crippen molar-refractivity contribution in [1.29, 1.82) is 0 Å². The van der Waals surface area contributed by atoms with Crippen LogP contribution in [0, 0.1) is 21.7 Å². The molecule has 0 aromatic heterocycles. The molecule has 1 amide bonds. The lowest BCUT2D eigenvalue weighted by atomic mass is 9.90. The fourth-order valence-electron chi connectivity index (χ4n) is 3.05. The number of carbonyl (C=O) groups excluding carboxylic acids is 2. The number of carbonyl (C=O) groups is 3. The van der Waals surface area contributed by atoms with Gasteiger partial charge in [0.2, 0.25) is 5.91 Å². The lowest BCUT2D eigenvalue weighted by Gasteiger charge is -2.20. The van der Waals surface area contributed by atoms with Crippen molar-refractivity contribution in [3.63, 3.8) is 0 Å². The zero-order valence-electron chi connectivity index (χ0n) is 16.4. The first-order valence-electron chi connectivity index (χ1n) is 8.41. The van der Waals surface area contributed by atoms with E-state index in [1.165, 1.54) is 14.1 Å². The van der Waals surface area contributed by atoms with E-state index in [0.717, 1.165) is 30.9 Å². The number of hydrogen-bond donors (Lipinski definition) is 2. The van der Waals surface area contributed by atoms with Crippen molar-refractivity contribution in [1.82, 2.24) is 0 Å². The Kier molecular flexibility index (Phi) is 6.15. The van der Waals surface area contributed by atoms with Crippen LogP contribution in [0.5, 0.6) is 0 Å². The molecule has 0 heterocycles. The largest absolute Gasteiger partial charge is 0.478 e. The summed E-state index contributed by atoms with van der Waals surface area (Å²) in [5, 5.41) is 23.5. The van der Waals surface area contributed by atoms with Crippen LogP contribution in [0.4, 0.5) is 25.8 Å². The summed E-state index contributed by atoms with van der Waals surface area (Å²) in [7, 11) is 2.58. The molecule has 0 spiro atoms. The summed E-state index contributed by atoms with van der Waals surface area (Å²) in [5.41, 5.74) is -4.71. The molecule has 0 radical (unpaired) electrons. The monoisotopic (exact) mass is 421 g/mol. The average molecular weight is 421 g/mol. The van der Waals surface area contributed by atoms with Gasteiger partial charge in [-0.1, -0.05) is 0 Å². The van der Waals surface area contributed by atoms with Gasteiger partial charge in [0, 0.05) is 32.1 Å². The smallest absolute Gasteiger partial charge is 0.336 e. The number of ketones is 1. The van der Waals surface area contributed by atoms with Gasteiger partial charge >= 0.3 is 11.7 Å². The first-order valence-corrected chi connectivity index (χ1v) is 8.41. The number of halogens is 2. The molecule has 11 heteroatoms. The van der Waals surface area contributed by atoms with Crippen molar-refractivity contribution in [2.45, 2.75) is 13.8 Å². The lowest BCUT2D eigenvalue weighted by molar-refractivity contribution is -0.383. The van der Waals surface area contributed by atoms with E-state index in [4.69, 9.17) is 0 Å². The van der Waals surface area contributed by atoms with Crippen molar-refractivity contribution < 1.29 is 33.2 Å². The molecule has 30 heavy (non-hydrogen) atoms. The number of Topliss-reactive ketones (excluding diaryl/α,β-unsaturated/α-hetero) is 1. The van der Waals surface area contributed by atoms with E-state index in [1.54, 1.807) is 0 Å². The number of benzene rings is 2. The second-order valence-corrected chi connectivity index (χ2v) is 6.52. The van der Waals surface area contributed by atoms with Gasteiger partial charge in [0.15, 0.2) is 11.6 Å². The summed E-state index contributed by atoms with van der Waals surface area (Å²) in [4.78, 5) is 47.2. The Hall–Kier alpha value is -3.89. The number of nitrogens with zero attached hydrogens (tertiary/aromatic N) is 2. The molecular weight excluding hydrogens is 404 g/mol. The average Bonchev–Trinajstić information content (AvgIpc) is 2.59. The maximum atomic E-state index is 15.4. The van der Waals surface area contributed by atoms with E-state index < -0.39 is 62.3 Å². The zero-order valence-corrected chi connectivity index (χ0v) is 16.4. The Morgan fingerprint density at radius 2 is 1.70 bits per heavy atom. The number of carboxylic acids is 1. The van der Waals surface area contributed by atoms with Gasteiger partial charge in [0.25, 0.3) is 0 Å². The van der Waals surface area contributed by atoms with Crippen LogP contribution in [-0.4, -0.2) is 41.8 Å². The Bertz CT molecular complexity index is 1100. The second kappa shape index (κ2) is 8.23. The first-order chi connectivity index (χ1) is 13.9. The molecule has 0 aliphatic carbocycles. The van der Waals surface area contributed by atoms with Crippen molar-refractivity contribution in [2.24, 2.45) is 0 Å². The zero-order chi connectivity index (χ0) is 22.9. The van der Waals surface area contributed by atoms with Crippen LogP contribution in [0.3, 0.4) is 0 Å². The summed E-state index contributed by atoms with van der Waals surface area (Å²) in [6, 6.07) is 2.70. The van der Waals surface area contributed by atoms with Crippen LogP contribution in [0.2, 0.25) is 0 Å². The second-order valence-electron chi connectivity index (χ2n) is 6.52. The number of anilines is 2. The van der Waals surface area contributed by atoms with E-state index >= 15 is 4.39 Å². The van der Waals surface area contributed by atoms with Crippen LogP contribution < -0.4 is 10.2 Å². The highest BCUT2D eigenvalue weighted by atomic mass is 19.1. The van der Waals surface area contributed by atoms with Gasteiger partial charge in [-0.25, -0.2) is 13.6 Å². The third-order valence-electron chi connectivity index (χ3n) is 4.17. The molecule has 0 saturated carbocycles. The molecule has 158 valence electrons. The Balaban J connectivity index is 3.18. The number of hydrogen-bond acceptors (Lipinski definition) is 6. The number of aromatic carboxylic acids is 1. The molecule has 0 atom stereocenters. The van der Waals surface area contributed by atoms with Gasteiger partial charge in [-0.05, 0) is 25.1 Å². The number of amides is 1. The minimum Gasteiger partial charge on any atom is -0.478 e. The van der Waals surface area contributed by atoms with E-state index in [2.05, 4.69) is 5.32 Å². The maximum absolute atomic E-state index is 15.4. The van der Waals surface area contributed by atoms with Crippen LogP contribution in [-0.2, 0) is 4.79 Å². The molecule has 0 aliphatic heterocycles. The molecular formula is C19H17F2N3O6. The minimum absolute atomic E-state index is 0.367. The van der Waals surface area contributed by atoms with Crippen molar-refractivity contribution in [3.05, 3.63) is 51.1 Å². The van der Waals surface area contributed by atoms with E-state index in [9.17, 15) is 34.0 Å². The third-order valence-corrected chi connectivity index (χ3v) is 4.17. The van der Waals surface area contributed by atoms with Crippen molar-refractivity contribution >= 4 is 34.7 Å². The van der Waals surface area contributed by atoms with Crippen molar-refractivity contribution in [2.75, 3.05) is 24.3 Å². The third kappa shape index (κ3) is 3.95. The highest BCUT2D eigenvalue weighted by molar-refractivity contribution is 6.10. The number of nitro groups is 1. The van der Waals surface area contributed by atoms with Gasteiger partial charge in [-0.15, -0.1) is 0 Å². The normalized spacial score (nSPS) is 10.5. The summed E-state index contributed by atoms with van der Waals surface area (Å²) in [5.74, 6) is -5.78. The van der Waals surface area contributed by atoms with Crippen LogP contribution in [0.1, 0.15) is 34.6 Å². The molecule has 2 rings (SSSR count). The summed E-state index contributed by atoms with van der Waals surface area (Å²) >= 11 is 0. The van der Waals surface area contributed by atoms with E-state index in [0.29, 0.717) is 6.07 Å². The predicted octanol–water partition coefficient (Wildman–Crippen LogP) is 3.47. The molecule has 2 N–H and O–H groups in total. The highest BCUT2D eigenvalue weighted by Crippen LogP contribution is 2.44. The Labute approximate surface area is 169 Å². The van der Waals surface area contributed by atoms with Crippen LogP contribution in [0.25, 0.3) is 11.1 Å². The molecule has 0 bridgehead atoms. The van der Waals surface area contributed by atoms with Gasteiger partial charge < -0.3 is 15.3 Å². The Morgan fingerprint density at radius 1 is 1.10 bits per heavy atom. The van der Waals surface area contributed by atoms with Crippen molar-refractivity contribution in [3.8, 4) is 11.1 Å². The minimum atomic E-state index is -1.76. The molecule has 0 unspecified atom stereocenters. The predicted molar refractivity (Wildman–Crippen MR) is 104 cm³/mol. The topological polar surface area (TPSA) is 130 Å². The Morgan fingerprint density at radius 3 is 2.13 bits per heavy atom. The molecule has 0 aliphatic rings. The maximum Gasteiger partial charge on any atom is 0.336 e. The van der Waals surface area contributed by atoms with Crippen LogP contribution >= 0.6 is 0 Å². The number of rotatable bonds is 6. The molecule has 9 nitrogen and oxygen atoms in total. The summed E-state index contributed by atoms with van der Waals surface area (Å²) in [6.07, 6.45) is 0. The van der Waals surface area contributed by atoms with E-state index in [-0.39, 0.29) is 11.3 Å². The first kappa shape index (κ1) is 22.4. The fraction of sp³-hybridized carbons (Fsp3) is 0.211. The van der Waals surface area contributed by atoms with Crippen LogP contribution in [0.15, 0.2) is 18.2 Å². The number of carboxylic acid groups (broad SMARTS) is 1. The SMILES string of the molecule is CC(=O)Nc1ccc(C(C)=O)c(-c2c(C(=O)O)cc(F)c(N(C)C)c2F)c1[N+](=O)[O-]. The van der Waals surface area contributed by atoms with Gasteiger partial charge in [-0.2, -0.15) is 0 Å². The standard InChI is InChI=1S/C19H17F2N3O6/c1-8(25)10-5-6-13(22-9(2)26)18(24(29)30)15(10)14-11(19(27)28)7-12(20)17(16(14)21)23(3)4/h5-7H,1-4H3,(H,22,26)(H,27,28). The molecule has 0 fully saturated rings. The van der Waals surface area contributed by atoms with E-state index in [1.807, 2.05) is 0 Å².